The number of rotatable bonds is 5. The lowest BCUT2D eigenvalue weighted by molar-refractivity contribution is -0.141. The zero-order valence-corrected chi connectivity index (χ0v) is 11.6. The molecule has 1 rings (SSSR count). The topological polar surface area (TPSA) is 55.8 Å². The van der Waals surface area contributed by atoms with Crippen LogP contribution in [0, 0.1) is 5.92 Å². The van der Waals surface area contributed by atoms with Crippen LogP contribution in [-0.2, 0) is 11.2 Å². The van der Waals surface area contributed by atoms with Crippen molar-refractivity contribution in [2.24, 2.45) is 5.92 Å². The molecule has 0 saturated carbocycles. The molecular weight excluding hydrogens is 288 g/mol. The number of hydrogen-bond acceptors (Lipinski definition) is 3. The summed E-state index contributed by atoms with van der Waals surface area (Å²) in [5, 5.41) is 8.89. The molecule has 17 heavy (non-hydrogen) atoms. The fourth-order valence-corrected chi connectivity index (χ4v) is 2.16. The third-order valence-electron chi connectivity index (χ3n) is 2.51. The molecule has 0 saturated heterocycles. The number of hydrogen-bond donors (Lipinski definition) is 1. The van der Waals surface area contributed by atoms with Crippen molar-refractivity contribution in [2.75, 3.05) is 14.2 Å². The van der Waals surface area contributed by atoms with E-state index in [0.29, 0.717) is 17.9 Å². The number of carboxylic acid groups (broad SMARTS) is 1. The Hall–Kier alpha value is -1.23. The number of methoxy groups -OCH3 is 2. The smallest absolute Gasteiger partial charge is 0.306 e. The van der Waals surface area contributed by atoms with E-state index >= 15 is 0 Å². The van der Waals surface area contributed by atoms with Gasteiger partial charge in [-0.15, -0.1) is 0 Å². The first-order chi connectivity index (χ1) is 8.01. The van der Waals surface area contributed by atoms with Crippen molar-refractivity contribution in [1.82, 2.24) is 0 Å². The summed E-state index contributed by atoms with van der Waals surface area (Å²) < 4.78 is 11.1. The van der Waals surface area contributed by atoms with Crippen molar-refractivity contribution >= 4 is 21.9 Å². The van der Waals surface area contributed by atoms with E-state index in [9.17, 15) is 4.79 Å². The number of carbonyl (C=O) groups is 1. The predicted octanol–water partition coefficient (Wildman–Crippen LogP) is 2.73. The molecule has 0 aliphatic rings. The molecule has 0 amide bonds. The predicted molar refractivity (Wildman–Crippen MR) is 67.7 cm³/mol. The molecule has 1 atom stereocenters. The summed E-state index contributed by atoms with van der Waals surface area (Å²) in [5.74, 6) is -0.0511. The SMILES string of the molecule is COc1ccc(CC(C)C(=O)O)c(Br)c1OC. The molecule has 0 radical (unpaired) electrons. The third-order valence-corrected chi connectivity index (χ3v) is 3.38. The minimum atomic E-state index is -0.813. The Morgan fingerprint density at radius 1 is 1.41 bits per heavy atom. The lowest BCUT2D eigenvalue weighted by atomic mass is 10.0. The Morgan fingerprint density at radius 2 is 2.06 bits per heavy atom. The van der Waals surface area contributed by atoms with Gasteiger partial charge in [0, 0.05) is 0 Å². The van der Waals surface area contributed by atoms with Crippen LogP contribution in [0.3, 0.4) is 0 Å². The van der Waals surface area contributed by atoms with Gasteiger partial charge in [0.05, 0.1) is 24.6 Å². The second-order valence-electron chi connectivity index (χ2n) is 3.72. The Balaban J connectivity index is 3.06. The van der Waals surface area contributed by atoms with Crippen LogP contribution in [0.25, 0.3) is 0 Å². The molecule has 0 aliphatic carbocycles. The van der Waals surface area contributed by atoms with E-state index in [4.69, 9.17) is 14.6 Å². The van der Waals surface area contributed by atoms with E-state index in [0.717, 1.165) is 10.0 Å². The number of ether oxygens (including phenoxy) is 2. The van der Waals surface area contributed by atoms with Gasteiger partial charge in [0.25, 0.3) is 0 Å². The molecule has 0 spiro atoms. The van der Waals surface area contributed by atoms with Crippen molar-refractivity contribution in [3.8, 4) is 11.5 Å². The molecule has 0 fully saturated rings. The van der Waals surface area contributed by atoms with Gasteiger partial charge in [-0.2, -0.15) is 0 Å². The highest BCUT2D eigenvalue weighted by Gasteiger charge is 2.17. The van der Waals surface area contributed by atoms with Crippen molar-refractivity contribution in [1.29, 1.82) is 0 Å². The van der Waals surface area contributed by atoms with Crippen molar-refractivity contribution in [3.05, 3.63) is 22.2 Å². The first-order valence-corrected chi connectivity index (χ1v) is 5.92. The average Bonchev–Trinajstić information content (AvgIpc) is 2.31. The molecule has 0 aliphatic heterocycles. The number of benzene rings is 1. The van der Waals surface area contributed by atoms with Crippen LogP contribution in [0.2, 0.25) is 0 Å². The molecule has 5 heteroatoms. The molecule has 0 bridgehead atoms. The largest absolute Gasteiger partial charge is 0.493 e. The summed E-state index contributed by atoms with van der Waals surface area (Å²) in [6, 6.07) is 3.61. The Labute approximate surface area is 109 Å². The van der Waals surface area contributed by atoms with Crippen LogP contribution in [0.4, 0.5) is 0 Å². The molecule has 1 unspecified atom stereocenters. The molecular formula is C12H15BrO4. The fourth-order valence-electron chi connectivity index (χ4n) is 1.50. The summed E-state index contributed by atoms with van der Waals surface area (Å²) in [7, 11) is 3.11. The Morgan fingerprint density at radius 3 is 2.53 bits per heavy atom. The second kappa shape index (κ2) is 5.91. The minimum Gasteiger partial charge on any atom is -0.493 e. The molecule has 0 heterocycles. The number of aliphatic carboxylic acids is 1. The lowest BCUT2D eigenvalue weighted by Gasteiger charge is -2.14. The zero-order chi connectivity index (χ0) is 13.0. The molecule has 0 aromatic heterocycles. The second-order valence-corrected chi connectivity index (χ2v) is 4.51. The van der Waals surface area contributed by atoms with Gasteiger partial charge >= 0.3 is 5.97 Å². The summed E-state index contributed by atoms with van der Waals surface area (Å²) in [6.45, 7) is 1.67. The van der Waals surface area contributed by atoms with Gasteiger partial charge in [0.2, 0.25) is 0 Å². The monoisotopic (exact) mass is 302 g/mol. The summed E-state index contributed by atoms with van der Waals surface area (Å²) >= 11 is 3.41. The molecule has 1 aromatic carbocycles. The van der Waals surface area contributed by atoms with Crippen LogP contribution in [0.15, 0.2) is 16.6 Å². The summed E-state index contributed by atoms with van der Waals surface area (Å²) in [5.41, 5.74) is 0.887. The third kappa shape index (κ3) is 3.12. The van der Waals surface area contributed by atoms with Crippen LogP contribution in [0.1, 0.15) is 12.5 Å². The fraction of sp³-hybridized carbons (Fsp3) is 0.417. The highest BCUT2D eigenvalue weighted by Crippen LogP contribution is 2.38. The van der Waals surface area contributed by atoms with Crippen LogP contribution < -0.4 is 9.47 Å². The molecule has 1 N–H and O–H groups in total. The van der Waals surface area contributed by atoms with Gasteiger partial charge < -0.3 is 14.6 Å². The van der Waals surface area contributed by atoms with Crippen molar-refractivity contribution < 1.29 is 19.4 Å². The van der Waals surface area contributed by atoms with Crippen LogP contribution in [0.5, 0.6) is 11.5 Å². The summed E-state index contributed by atoms with van der Waals surface area (Å²) in [4.78, 5) is 10.8. The molecule has 94 valence electrons. The first-order valence-electron chi connectivity index (χ1n) is 5.13. The van der Waals surface area contributed by atoms with Gasteiger partial charge in [-0.25, -0.2) is 0 Å². The standard InChI is InChI=1S/C12H15BrO4/c1-7(12(14)15)6-8-4-5-9(16-2)11(17-3)10(8)13/h4-5,7H,6H2,1-3H3,(H,14,15). The van der Waals surface area contributed by atoms with Gasteiger partial charge in [-0.1, -0.05) is 13.0 Å². The lowest BCUT2D eigenvalue weighted by Crippen LogP contribution is -2.12. The van der Waals surface area contributed by atoms with Gasteiger partial charge in [-0.3, -0.25) is 4.79 Å². The van der Waals surface area contributed by atoms with Crippen molar-refractivity contribution in [3.63, 3.8) is 0 Å². The average molecular weight is 303 g/mol. The Bertz CT molecular complexity index is 417. The quantitative estimate of drug-likeness (QED) is 0.908. The van der Waals surface area contributed by atoms with E-state index < -0.39 is 11.9 Å². The molecule has 1 aromatic rings. The van der Waals surface area contributed by atoms with E-state index in [2.05, 4.69) is 15.9 Å². The maximum Gasteiger partial charge on any atom is 0.306 e. The van der Waals surface area contributed by atoms with E-state index in [1.54, 1.807) is 27.2 Å². The van der Waals surface area contributed by atoms with Gasteiger partial charge in [0.1, 0.15) is 0 Å². The minimum absolute atomic E-state index is 0.440. The van der Waals surface area contributed by atoms with E-state index in [1.165, 1.54) is 0 Å². The first kappa shape index (κ1) is 13.8. The van der Waals surface area contributed by atoms with E-state index in [1.807, 2.05) is 6.07 Å². The molecule has 4 nitrogen and oxygen atoms in total. The highest BCUT2D eigenvalue weighted by molar-refractivity contribution is 9.10. The van der Waals surface area contributed by atoms with Crippen LogP contribution >= 0.6 is 15.9 Å². The zero-order valence-electron chi connectivity index (χ0n) is 9.99. The maximum atomic E-state index is 10.8. The maximum absolute atomic E-state index is 10.8. The number of carboxylic acids is 1. The van der Waals surface area contributed by atoms with E-state index in [-0.39, 0.29) is 0 Å². The van der Waals surface area contributed by atoms with Gasteiger partial charge in [0.15, 0.2) is 11.5 Å². The highest BCUT2D eigenvalue weighted by atomic mass is 79.9. The Kier molecular flexibility index (Phi) is 4.81. The number of halogens is 1. The van der Waals surface area contributed by atoms with Crippen LogP contribution in [-0.4, -0.2) is 25.3 Å². The summed E-state index contributed by atoms with van der Waals surface area (Å²) in [6.07, 6.45) is 0.441. The van der Waals surface area contributed by atoms with Gasteiger partial charge in [-0.05, 0) is 34.0 Å². The normalized spacial score (nSPS) is 12.0. The van der Waals surface area contributed by atoms with Crippen molar-refractivity contribution in [2.45, 2.75) is 13.3 Å².